The Balaban J connectivity index is 1.82. The second-order valence-corrected chi connectivity index (χ2v) is 6.74. The molecule has 1 heterocycles. The molecule has 1 saturated heterocycles. The highest BCUT2D eigenvalue weighted by Gasteiger charge is 2.20. The molecule has 0 saturated carbocycles. The number of nitrogens with one attached hydrogen (secondary N) is 1. The smallest absolute Gasteiger partial charge is 0.234 e. The average Bonchev–Trinajstić information content (AvgIpc) is 2.51. The lowest BCUT2D eigenvalue weighted by Gasteiger charge is -2.36. The molecule has 2 rings (SSSR count). The fraction of sp³-hybridized carbons (Fsp3) is 0.632. The molecule has 1 N–H and O–H groups in total. The highest BCUT2D eigenvalue weighted by Crippen LogP contribution is 2.23. The maximum absolute atomic E-state index is 12.1. The maximum atomic E-state index is 12.1. The molecule has 4 nitrogen and oxygen atoms in total. The van der Waals surface area contributed by atoms with E-state index in [0.29, 0.717) is 6.54 Å². The van der Waals surface area contributed by atoms with Crippen LogP contribution in [0.5, 0.6) is 0 Å². The first-order chi connectivity index (χ1) is 11.0. The Morgan fingerprint density at radius 3 is 2.57 bits per heavy atom. The van der Waals surface area contributed by atoms with Gasteiger partial charge in [0.1, 0.15) is 0 Å². The largest absolute Gasteiger partial charge is 0.369 e. The van der Waals surface area contributed by atoms with E-state index in [1.807, 2.05) is 0 Å². The molecule has 0 bridgehead atoms. The molecule has 1 aliphatic rings. The Kier molecular flexibility index (Phi) is 6.46. The van der Waals surface area contributed by atoms with Crippen molar-refractivity contribution < 1.29 is 4.79 Å². The fourth-order valence-corrected chi connectivity index (χ4v) is 3.25. The molecule has 0 aromatic heterocycles. The predicted molar refractivity (Wildman–Crippen MR) is 97.1 cm³/mol. The van der Waals surface area contributed by atoms with Gasteiger partial charge in [0, 0.05) is 37.9 Å². The monoisotopic (exact) mass is 317 g/mol. The molecule has 23 heavy (non-hydrogen) atoms. The van der Waals surface area contributed by atoms with Gasteiger partial charge in [-0.25, -0.2) is 0 Å². The molecule has 0 spiro atoms. The molecular weight excluding hydrogens is 286 g/mol. The van der Waals surface area contributed by atoms with Crippen LogP contribution in [0.4, 0.5) is 5.69 Å². The molecule has 0 unspecified atom stereocenters. The van der Waals surface area contributed by atoms with E-state index < -0.39 is 0 Å². The van der Waals surface area contributed by atoms with E-state index in [-0.39, 0.29) is 11.9 Å². The molecule has 128 valence electrons. The molecule has 1 aromatic rings. The number of rotatable bonds is 6. The van der Waals surface area contributed by atoms with Gasteiger partial charge in [0.2, 0.25) is 5.91 Å². The molecule has 0 radical (unpaired) electrons. The van der Waals surface area contributed by atoms with Crippen molar-refractivity contribution >= 4 is 11.6 Å². The van der Waals surface area contributed by atoms with E-state index >= 15 is 0 Å². The number of anilines is 1. The number of carbonyl (C=O) groups is 1. The van der Waals surface area contributed by atoms with Crippen LogP contribution >= 0.6 is 0 Å². The Labute approximate surface area is 140 Å². The molecule has 1 fully saturated rings. The molecule has 1 aromatic carbocycles. The van der Waals surface area contributed by atoms with Crippen LogP contribution in [0, 0.1) is 13.8 Å². The fourth-order valence-electron chi connectivity index (χ4n) is 3.25. The standard InChI is InChI=1S/C19H31N3O/c1-5-7-16(3)20-19(23)14-21-10-12-22(13-11-21)18-9-6-8-15(2)17(18)4/h6,8-9,16H,5,7,10-14H2,1-4H3,(H,20,23)/t16-/m0/s1. The van der Waals surface area contributed by atoms with Gasteiger partial charge < -0.3 is 10.2 Å². The molecule has 4 heteroatoms. The molecule has 0 aliphatic carbocycles. The van der Waals surface area contributed by atoms with Crippen LogP contribution in [-0.2, 0) is 4.79 Å². The first-order valence-electron chi connectivity index (χ1n) is 8.84. The summed E-state index contributed by atoms with van der Waals surface area (Å²) in [5.41, 5.74) is 4.05. The van der Waals surface area contributed by atoms with E-state index in [2.05, 4.69) is 61.0 Å². The predicted octanol–water partition coefficient (Wildman–Crippen LogP) is 2.73. The molecule has 1 amide bonds. The number of nitrogens with zero attached hydrogens (tertiary/aromatic N) is 2. The van der Waals surface area contributed by atoms with Gasteiger partial charge in [-0.05, 0) is 44.4 Å². The van der Waals surface area contributed by atoms with E-state index in [9.17, 15) is 4.79 Å². The third-order valence-corrected chi connectivity index (χ3v) is 4.79. The van der Waals surface area contributed by atoms with Crippen molar-refractivity contribution in [1.82, 2.24) is 10.2 Å². The van der Waals surface area contributed by atoms with Crippen molar-refractivity contribution in [3.63, 3.8) is 0 Å². The first kappa shape index (κ1) is 17.8. The third kappa shape index (κ3) is 4.96. The Bertz CT molecular complexity index is 521. The second kappa shape index (κ2) is 8.34. The van der Waals surface area contributed by atoms with Gasteiger partial charge in [0.15, 0.2) is 0 Å². The lowest BCUT2D eigenvalue weighted by molar-refractivity contribution is -0.122. The summed E-state index contributed by atoms with van der Waals surface area (Å²) in [6.45, 7) is 13.0. The number of aryl methyl sites for hydroxylation is 1. The Morgan fingerprint density at radius 2 is 1.91 bits per heavy atom. The molecular formula is C19H31N3O. The first-order valence-corrected chi connectivity index (χ1v) is 8.84. The van der Waals surface area contributed by atoms with Gasteiger partial charge in [-0.3, -0.25) is 9.69 Å². The van der Waals surface area contributed by atoms with Crippen molar-refractivity contribution in [2.45, 2.75) is 46.6 Å². The summed E-state index contributed by atoms with van der Waals surface area (Å²) >= 11 is 0. The molecule has 1 aliphatic heterocycles. The zero-order valence-corrected chi connectivity index (χ0v) is 15.1. The van der Waals surface area contributed by atoms with E-state index in [4.69, 9.17) is 0 Å². The summed E-state index contributed by atoms with van der Waals surface area (Å²) in [7, 11) is 0. The summed E-state index contributed by atoms with van der Waals surface area (Å²) < 4.78 is 0. The minimum absolute atomic E-state index is 0.158. The molecule has 1 atom stereocenters. The summed E-state index contributed by atoms with van der Waals surface area (Å²) in [5, 5.41) is 3.09. The van der Waals surface area contributed by atoms with Crippen molar-refractivity contribution in [2.75, 3.05) is 37.6 Å². The minimum Gasteiger partial charge on any atom is -0.369 e. The maximum Gasteiger partial charge on any atom is 0.234 e. The van der Waals surface area contributed by atoms with Gasteiger partial charge in [0.25, 0.3) is 0 Å². The quantitative estimate of drug-likeness (QED) is 0.876. The van der Waals surface area contributed by atoms with Crippen LogP contribution in [-0.4, -0.2) is 49.6 Å². The lowest BCUT2D eigenvalue weighted by Crippen LogP contribution is -2.50. The topological polar surface area (TPSA) is 35.6 Å². The Hall–Kier alpha value is -1.55. The van der Waals surface area contributed by atoms with Crippen LogP contribution in [0.25, 0.3) is 0 Å². The van der Waals surface area contributed by atoms with Crippen molar-refractivity contribution in [3.8, 4) is 0 Å². The number of amides is 1. The second-order valence-electron chi connectivity index (χ2n) is 6.74. The number of hydrogen-bond donors (Lipinski definition) is 1. The highest BCUT2D eigenvalue weighted by atomic mass is 16.2. The number of benzene rings is 1. The van der Waals surface area contributed by atoms with Crippen LogP contribution in [0.2, 0.25) is 0 Å². The average molecular weight is 317 g/mol. The minimum atomic E-state index is 0.158. The van der Waals surface area contributed by atoms with Crippen LogP contribution in [0.3, 0.4) is 0 Å². The van der Waals surface area contributed by atoms with E-state index in [1.54, 1.807) is 0 Å². The summed E-state index contributed by atoms with van der Waals surface area (Å²) in [6.07, 6.45) is 2.15. The number of hydrogen-bond acceptors (Lipinski definition) is 3. The van der Waals surface area contributed by atoms with Crippen LogP contribution in [0.1, 0.15) is 37.8 Å². The van der Waals surface area contributed by atoms with Gasteiger partial charge in [-0.15, -0.1) is 0 Å². The van der Waals surface area contributed by atoms with Crippen molar-refractivity contribution in [3.05, 3.63) is 29.3 Å². The summed E-state index contributed by atoms with van der Waals surface area (Å²) in [4.78, 5) is 16.8. The van der Waals surface area contributed by atoms with Crippen molar-refractivity contribution in [2.24, 2.45) is 0 Å². The highest BCUT2D eigenvalue weighted by molar-refractivity contribution is 5.78. The van der Waals surface area contributed by atoms with E-state index in [0.717, 1.165) is 39.0 Å². The Morgan fingerprint density at radius 1 is 1.22 bits per heavy atom. The zero-order valence-electron chi connectivity index (χ0n) is 15.1. The lowest BCUT2D eigenvalue weighted by atomic mass is 10.1. The normalized spacial score (nSPS) is 17.1. The third-order valence-electron chi connectivity index (χ3n) is 4.79. The SMILES string of the molecule is CCC[C@H](C)NC(=O)CN1CCN(c2cccc(C)c2C)CC1. The van der Waals surface area contributed by atoms with Crippen molar-refractivity contribution in [1.29, 1.82) is 0 Å². The van der Waals surface area contributed by atoms with Gasteiger partial charge in [-0.1, -0.05) is 25.5 Å². The van der Waals surface area contributed by atoms with Gasteiger partial charge in [-0.2, -0.15) is 0 Å². The van der Waals surface area contributed by atoms with Gasteiger partial charge >= 0.3 is 0 Å². The van der Waals surface area contributed by atoms with Gasteiger partial charge in [0.05, 0.1) is 6.54 Å². The summed E-state index contributed by atoms with van der Waals surface area (Å²) in [6, 6.07) is 6.78. The number of carbonyl (C=O) groups excluding carboxylic acids is 1. The van der Waals surface area contributed by atoms with E-state index in [1.165, 1.54) is 16.8 Å². The number of piperazine rings is 1. The summed E-state index contributed by atoms with van der Waals surface area (Å²) in [5.74, 6) is 0.158. The van der Waals surface area contributed by atoms with Crippen LogP contribution < -0.4 is 10.2 Å². The zero-order chi connectivity index (χ0) is 16.8. The van der Waals surface area contributed by atoms with Crippen LogP contribution in [0.15, 0.2) is 18.2 Å².